The number of sulfonamides is 1. The second-order valence-electron chi connectivity index (χ2n) is 5.31. The lowest BCUT2D eigenvalue weighted by Gasteiger charge is -2.24. The molecule has 1 aliphatic rings. The zero-order chi connectivity index (χ0) is 16.5. The van der Waals surface area contributed by atoms with E-state index in [1.165, 1.54) is 26.1 Å². The van der Waals surface area contributed by atoms with Gasteiger partial charge in [-0.2, -0.15) is 4.31 Å². The molecule has 1 atom stereocenters. The van der Waals surface area contributed by atoms with Gasteiger partial charge in [0, 0.05) is 20.1 Å². The lowest BCUT2D eigenvalue weighted by molar-refractivity contribution is -0.130. The minimum atomic E-state index is -3.85. The Morgan fingerprint density at radius 2 is 2.18 bits per heavy atom. The predicted octanol–water partition coefficient (Wildman–Crippen LogP) is 1.54. The standard InChI is InChI=1S/C15H19FN2O3S/c1-4-8-18-9-7-13(15(18)19)17(3)22(20,21)14-6-5-12(16)10-11(14)2/h4-6,10,13H,1,7-9H2,2-3H3. The summed E-state index contributed by atoms with van der Waals surface area (Å²) in [5.74, 6) is -0.723. The number of carbonyl (C=O) groups is 1. The average molecular weight is 326 g/mol. The van der Waals surface area contributed by atoms with E-state index in [1.807, 2.05) is 0 Å². The van der Waals surface area contributed by atoms with E-state index in [1.54, 1.807) is 11.0 Å². The topological polar surface area (TPSA) is 57.7 Å². The highest BCUT2D eigenvalue weighted by molar-refractivity contribution is 7.89. The van der Waals surface area contributed by atoms with Gasteiger partial charge < -0.3 is 4.90 Å². The number of hydrogen-bond donors (Lipinski definition) is 0. The second kappa shape index (κ2) is 6.18. The van der Waals surface area contributed by atoms with Crippen molar-refractivity contribution in [3.63, 3.8) is 0 Å². The summed E-state index contributed by atoms with van der Waals surface area (Å²) in [4.78, 5) is 13.9. The van der Waals surface area contributed by atoms with Crippen molar-refractivity contribution in [2.24, 2.45) is 0 Å². The minimum Gasteiger partial charge on any atom is -0.338 e. The molecule has 1 saturated heterocycles. The number of likely N-dealkylation sites (N-methyl/N-ethyl adjacent to an activating group) is 1. The molecule has 1 heterocycles. The van der Waals surface area contributed by atoms with Crippen molar-refractivity contribution in [2.45, 2.75) is 24.3 Å². The molecule has 0 N–H and O–H groups in total. The van der Waals surface area contributed by atoms with Crippen LogP contribution in [0, 0.1) is 12.7 Å². The summed E-state index contributed by atoms with van der Waals surface area (Å²) < 4.78 is 39.6. The number of benzene rings is 1. The zero-order valence-electron chi connectivity index (χ0n) is 12.6. The van der Waals surface area contributed by atoms with Crippen LogP contribution in [0.15, 0.2) is 35.7 Å². The quantitative estimate of drug-likeness (QED) is 0.771. The molecule has 0 bridgehead atoms. The molecule has 2 rings (SSSR count). The molecule has 1 fully saturated rings. The average Bonchev–Trinajstić information content (AvgIpc) is 2.79. The Balaban J connectivity index is 2.30. The smallest absolute Gasteiger partial charge is 0.243 e. The van der Waals surface area contributed by atoms with Crippen LogP contribution in [0.3, 0.4) is 0 Å². The molecular weight excluding hydrogens is 307 g/mol. The first-order valence-electron chi connectivity index (χ1n) is 6.93. The van der Waals surface area contributed by atoms with Gasteiger partial charge in [0.1, 0.15) is 11.9 Å². The van der Waals surface area contributed by atoms with Crippen LogP contribution in [0.1, 0.15) is 12.0 Å². The highest BCUT2D eigenvalue weighted by atomic mass is 32.2. The summed E-state index contributed by atoms with van der Waals surface area (Å²) in [6.07, 6.45) is 2.04. The Labute approximate surface area is 130 Å². The molecule has 1 unspecified atom stereocenters. The zero-order valence-corrected chi connectivity index (χ0v) is 13.4. The Bertz CT molecular complexity index is 703. The van der Waals surface area contributed by atoms with Crippen LogP contribution in [-0.2, 0) is 14.8 Å². The van der Waals surface area contributed by atoms with E-state index in [0.717, 1.165) is 10.4 Å². The highest BCUT2D eigenvalue weighted by Gasteiger charge is 2.39. The van der Waals surface area contributed by atoms with Gasteiger partial charge in [0.25, 0.3) is 0 Å². The summed E-state index contributed by atoms with van der Waals surface area (Å²) in [6.45, 7) is 6.01. The second-order valence-corrected chi connectivity index (χ2v) is 7.27. The van der Waals surface area contributed by atoms with Gasteiger partial charge in [-0.3, -0.25) is 4.79 Å². The third kappa shape index (κ3) is 2.91. The number of likely N-dealkylation sites (tertiary alicyclic amines) is 1. The summed E-state index contributed by atoms with van der Waals surface area (Å²) in [5, 5.41) is 0. The van der Waals surface area contributed by atoms with Crippen molar-refractivity contribution < 1.29 is 17.6 Å². The molecule has 1 amide bonds. The van der Waals surface area contributed by atoms with Crippen molar-refractivity contribution in [2.75, 3.05) is 20.1 Å². The number of amides is 1. The van der Waals surface area contributed by atoms with E-state index in [2.05, 4.69) is 6.58 Å². The minimum absolute atomic E-state index is 0.0198. The van der Waals surface area contributed by atoms with E-state index in [9.17, 15) is 17.6 Å². The molecule has 7 heteroatoms. The number of halogens is 1. The van der Waals surface area contributed by atoms with Gasteiger partial charge in [-0.1, -0.05) is 6.08 Å². The number of nitrogens with zero attached hydrogens (tertiary/aromatic N) is 2. The van der Waals surface area contributed by atoms with E-state index in [4.69, 9.17) is 0 Å². The van der Waals surface area contributed by atoms with E-state index < -0.39 is 21.9 Å². The van der Waals surface area contributed by atoms with Crippen molar-refractivity contribution in [1.82, 2.24) is 9.21 Å². The van der Waals surface area contributed by atoms with Gasteiger partial charge in [0.2, 0.25) is 15.9 Å². The van der Waals surface area contributed by atoms with Gasteiger partial charge in [-0.25, -0.2) is 12.8 Å². The van der Waals surface area contributed by atoms with Crippen LogP contribution in [0.4, 0.5) is 4.39 Å². The number of rotatable bonds is 5. The maximum atomic E-state index is 13.2. The normalized spacial score (nSPS) is 19.0. The van der Waals surface area contributed by atoms with Gasteiger partial charge in [0.05, 0.1) is 4.90 Å². The first kappa shape index (κ1) is 16.6. The maximum Gasteiger partial charge on any atom is 0.243 e. The first-order valence-corrected chi connectivity index (χ1v) is 8.37. The lowest BCUT2D eigenvalue weighted by atomic mass is 10.2. The van der Waals surface area contributed by atoms with Crippen molar-refractivity contribution in [1.29, 1.82) is 0 Å². The first-order chi connectivity index (χ1) is 10.3. The molecule has 0 aromatic heterocycles. The number of carbonyl (C=O) groups excluding carboxylic acids is 1. The molecule has 1 aromatic rings. The Morgan fingerprint density at radius 3 is 2.77 bits per heavy atom. The fraction of sp³-hybridized carbons (Fsp3) is 0.400. The Morgan fingerprint density at radius 1 is 1.50 bits per heavy atom. The van der Waals surface area contributed by atoms with Crippen LogP contribution in [-0.4, -0.2) is 49.7 Å². The highest BCUT2D eigenvalue weighted by Crippen LogP contribution is 2.25. The fourth-order valence-electron chi connectivity index (χ4n) is 2.62. The van der Waals surface area contributed by atoms with Crippen molar-refractivity contribution >= 4 is 15.9 Å². The van der Waals surface area contributed by atoms with Gasteiger partial charge in [-0.15, -0.1) is 6.58 Å². The fourth-order valence-corrected chi connectivity index (χ4v) is 4.17. The van der Waals surface area contributed by atoms with Crippen LogP contribution in [0.25, 0.3) is 0 Å². The number of hydrogen-bond acceptors (Lipinski definition) is 3. The number of aryl methyl sites for hydroxylation is 1. The third-order valence-corrected chi connectivity index (χ3v) is 5.88. The molecule has 0 saturated carbocycles. The summed E-state index contributed by atoms with van der Waals surface area (Å²) in [6, 6.07) is 2.78. The molecule has 22 heavy (non-hydrogen) atoms. The SMILES string of the molecule is C=CCN1CCC(N(C)S(=O)(=O)c2ccc(F)cc2C)C1=O. The van der Waals surface area contributed by atoms with Crippen LogP contribution in [0.5, 0.6) is 0 Å². The van der Waals surface area contributed by atoms with E-state index >= 15 is 0 Å². The maximum absolute atomic E-state index is 13.2. The predicted molar refractivity (Wildman–Crippen MR) is 81.3 cm³/mol. The van der Waals surface area contributed by atoms with Crippen LogP contribution in [0.2, 0.25) is 0 Å². The molecule has 120 valence electrons. The molecule has 0 aliphatic carbocycles. The molecule has 1 aliphatic heterocycles. The van der Waals surface area contributed by atoms with Crippen LogP contribution < -0.4 is 0 Å². The van der Waals surface area contributed by atoms with Crippen molar-refractivity contribution in [3.8, 4) is 0 Å². The van der Waals surface area contributed by atoms with Gasteiger partial charge in [0.15, 0.2) is 0 Å². The third-order valence-electron chi connectivity index (χ3n) is 3.85. The molecule has 0 spiro atoms. The van der Waals surface area contributed by atoms with Crippen molar-refractivity contribution in [3.05, 3.63) is 42.2 Å². The molecule has 1 aromatic carbocycles. The Kier molecular flexibility index (Phi) is 4.67. The summed E-state index contributed by atoms with van der Waals surface area (Å²) >= 11 is 0. The van der Waals surface area contributed by atoms with Gasteiger partial charge in [-0.05, 0) is 37.1 Å². The monoisotopic (exact) mass is 326 g/mol. The Hall–Kier alpha value is -1.73. The van der Waals surface area contributed by atoms with E-state index in [0.29, 0.717) is 25.1 Å². The van der Waals surface area contributed by atoms with E-state index in [-0.39, 0.29) is 10.8 Å². The largest absolute Gasteiger partial charge is 0.338 e. The summed E-state index contributed by atoms with van der Waals surface area (Å²) in [5.41, 5.74) is 0.320. The van der Waals surface area contributed by atoms with Crippen LogP contribution >= 0.6 is 0 Å². The van der Waals surface area contributed by atoms with Gasteiger partial charge >= 0.3 is 0 Å². The molecule has 0 radical (unpaired) electrons. The molecular formula is C15H19FN2O3S. The lowest BCUT2D eigenvalue weighted by Crippen LogP contribution is -2.43. The molecule has 5 nitrogen and oxygen atoms in total. The summed E-state index contributed by atoms with van der Waals surface area (Å²) in [7, 11) is -2.46.